The fraction of sp³-hybridized carbons (Fsp3) is 0.483. The maximum atomic E-state index is 11.3. The Labute approximate surface area is 207 Å². The number of carbonyl (C=O) groups is 1. The van der Waals surface area contributed by atoms with E-state index >= 15 is 0 Å². The highest BCUT2D eigenvalue weighted by atomic mass is 35.5. The van der Waals surface area contributed by atoms with Gasteiger partial charge < -0.3 is 14.6 Å². The Kier molecular flexibility index (Phi) is 7.69. The number of rotatable bonds is 7. The molecule has 1 saturated heterocycles. The highest BCUT2D eigenvalue weighted by Gasteiger charge is 2.44. The van der Waals surface area contributed by atoms with Crippen molar-refractivity contribution in [1.29, 1.82) is 0 Å². The molecule has 2 aromatic rings. The minimum Gasteiger partial charge on any atom is -0.482 e. The van der Waals surface area contributed by atoms with Crippen molar-refractivity contribution in [1.82, 2.24) is 0 Å². The number of carboxylic acids is 1. The lowest BCUT2D eigenvalue weighted by molar-refractivity contribution is -0.139. The summed E-state index contributed by atoms with van der Waals surface area (Å²) in [4.78, 5) is 11.3. The number of ether oxygens (including phenoxy) is 2. The fourth-order valence-corrected chi connectivity index (χ4v) is 6.07. The lowest BCUT2D eigenvalue weighted by Crippen LogP contribution is -2.40. The number of hydrogen-bond donors (Lipinski definition) is 1. The third kappa shape index (κ3) is 5.34. The molecule has 1 aliphatic carbocycles. The summed E-state index contributed by atoms with van der Waals surface area (Å²) in [5, 5.41) is 9.98. The minimum atomic E-state index is -0.988. The number of aliphatic carboxylic acids is 1. The van der Waals surface area contributed by atoms with Gasteiger partial charge in [0.1, 0.15) is 5.75 Å². The molecule has 182 valence electrons. The second kappa shape index (κ2) is 10.5. The van der Waals surface area contributed by atoms with E-state index in [0.29, 0.717) is 11.7 Å². The Bertz CT molecular complexity index is 1040. The quantitative estimate of drug-likeness (QED) is 0.417. The van der Waals surface area contributed by atoms with E-state index in [9.17, 15) is 9.90 Å². The molecule has 4 nitrogen and oxygen atoms in total. The molecular weight excluding hydrogens is 448 g/mol. The molecule has 1 heterocycles. The Hall–Kier alpha value is -2.30. The van der Waals surface area contributed by atoms with Gasteiger partial charge in [0.25, 0.3) is 0 Å². The molecule has 2 fully saturated rings. The van der Waals surface area contributed by atoms with Crippen LogP contribution < -0.4 is 4.74 Å². The van der Waals surface area contributed by atoms with Crippen molar-refractivity contribution in [2.24, 2.45) is 11.8 Å². The Morgan fingerprint density at radius 3 is 2.47 bits per heavy atom. The van der Waals surface area contributed by atoms with Gasteiger partial charge in [-0.3, -0.25) is 0 Å². The second-order valence-corrected chi connectivity index (χ2v) is 10.5. The van der Waals surface area contributed by atoms with E-state index in [1.807, 2.05) is 25.1 Å². The van der Waals surface area contributed by atoms with Crippen molar-refractivity contribution in [3.05, 3.63) is 75.8 Å². The molecule has 4 atom stereocenters. The van der Waals surface area contributed by atoms with Gasteiger partial charge in [0.2, 0.25) is 0 Å². The number of aryl methyl sites for hydroxylation is 2. The van der Waals surface area contributed by atoms with Gasteiger partial charge in [-0.15, -0.1) is 0 Å². The predicted octanol–water partition coefficient (Wildman–Crippen LogP) is 7.42. The molecule has 2 aromatic carbocycles. The Morgan fingerprint density at radius 1 is 1.18 bits per heavy atom. The number of benzene rings is 2. The van der Waals surface area contributed by atoms with E-state index in [1.54, 1.807) is 0 Å². The van der Waals surface area contributed by atoms with E-state index in [4.69, 9.17) is 21.1 Å². The summed E-state index contributed by atoms with van der Waals surface area (Å²) < 4.78 is 12.9. The van der Waals surface area contributed by atoms with Crippen LogP contribution in [0.15, 0.2) is 48.6 Å². The average molecular weight is 483 g/mol. The zero-order valence-electron chi connectivity index (χ0n) is 20.4. The molecule has 0 radical (unpaired) electrons. The molecule has 0 bridgehead atoms. The molecule has 0 unspecified atom stereocenters. The number of hydrogen-bond acceptors (Lipinski definition) is 3. The summed E-state index contributed by atoms with van der Waals surface area (Å²) in [6.45, 7) is 10.1. The Balaban J connectivity index is 1.77. The molecule has 4 rings (SSSR count). The third-order valence-electron chi connectivity index (χ3n) is 7.50. The van der Waals surface area contributed by atoms with Crippen LogP contribution in [0.2, 0.25) is 5.02 Å². The SMILES string of the molecule is C=C(C)[C@@H]1C[C@@H](c2ccc(Cl)cc2)[C@@H](C2CCCC2)O[C@H]1c1c(C)cc(C)cc1OCC(=O)O. The standard InChI is InChI=1S/C29H35ClO4/c1-17(2)23-15-24(20-9-11-22(30)12-10-20)28(21-7-5-6-8-21)34-29(23)27-19(4)13-18(3)14-25(27)33-16-26(31)32/h9-14,21,23-24,28-29H,1,5-8,15-16H2,2-4H3,(H,31,32)/t23-,24-,28+,29+/m0/s1. The van der Waals surface area contributed by atoms with Crippen molar-refractivity contribution in [2.45, 2.75) is 71.0 Å². The van der Waals surface area contributed by atoms with Crippen LogP contribution in [0.1, 0.15) is 73.3 Å². The topological polar surface area (TPSA) is 55.8 Å². The van der Waals surface area contributed by atoms with E-state index in [1.165, 1.54) is 31.2 Å². The number of halogens is 1. The van der Waals surface area contributed by atoms with Crippen LogP contribution in [-0.4, -0.2) is 23.8 Å². The molecule has 1 saturated carbocycles. The van der Waals surface area contributed by atoms with Gasteiger partial charge in [-0.25, -0.2) is 4.79 Å². The predicted molar refractivity (Wildman–Crippen MR) is 136 cm³/mol. The summed E-state index contributed by atoms with van der Waals surface area (Å²) in [5.41, 5.74) is 5.38. The van der Waals surface area contributed by atoms with E-state index in [0.717, 1.165) is 33.7 Å². The zero-order valence-corrected chi connectivity index (χ0v) is 21.1. The van der Waals surface area contributed by atoms with Crippen LogP contribution in [0.25, 0.3) is 0 Å². The molecule has 5 heteroatoms. The highest BCUT2D eigenvalue weighted by molar-refractivity contribution is 6.30. The molecule has 0 aromatic heterocycles. The summed E-state index contributed by atoms with van der Waals surface area (Å²) in [6.07, 6.45) is 5.61. The first-order chi connectivity index (χ1) is 16.2. The van der Waals surface area contributed by atoms with Gasteiger partial charge in [0.05, 0.1) is 12.2 Å². The van der Waals surface area contributed by atoms with Crippen molar-refractivity contribution >= 4 is 17.6 Å². The first-order valence-corrected chi connectivity index (χ1v) is 12.6. The van der Waals surface area contributed by atoms with Crippen molar-refractivity contribution in [3.8, 4) is 5.75 Å². The number of carboxylic acid groups (broad SMARTS) is 1. The van der Waals surface area contributed by atoms with Gasteiger partial charge in [0, 0.05) is 22.4 Å². The van der Waals surface area contributed by atoms with Crippen molar-refractivity contribution < 1.29 is 19.4 Å². The third-order valence-corrected chi connectivity index (χ3v) is 7.75. The van der Waals surface area contributed by atoms with Gasteiger partial charge in [-0.05, 0) is 80.8 Å². The van der Waals surface area contributed by atoms with Crippen molar-refractivity contribution in [2.75, 3.05) is 6.61 Å². The molecule has 0 spiro atoms. The zero-order chi connectivity index (χ0) is 24.4. The monoisotopic (exact) mass is 482 g/mol. The minimum absolute atomic E-state index is 0.0808. The van der Waals surface area contributed by atoms with E-state index in [2.05, 4.69) is 38.6 Å². The van der Waals surface area contributed by atoms with Crippen LogP contribution in [0.4, 0.5) is 0 Å². The van der Waals surface area contributed by atoms with Gasteiger partial charge in [-0.1, -0.05) is 54.8 Å². The van der Waals surface area contributed by atoms with Gasteiger partial charge in [-0.2, -0.15) is 0 Å². The molecule has 1 N–H and O–H groups in total. The van der Waals surface area contributed by atoms with E-state index in [-0.39, 0.29) is 30.7 Å². The largest absolute Gasteiger partial charge is 0.482 e. The van der Waals surface area contributed by atoms with Crippen LogP contribution in [0.5, 0.6) is 5.75 Å². The summed E-state index contributed by atoms with van der Waals surface area (Å²) in [7, 11) is 0. The van der Waals surface area contributed by atoms with Crippen LogP contribution in [-0.2, 0) is 9.53 Å². The van der Waals surface area contributed by atoms with Gasteiger partial charge in [0.15, 0.2) is 6.61 Å². The van der Waals surface area contributed by atoms with E-state index < -0.39 is 5.97 Å². The van der Waals surface area contributed by atoms with Crippen LogP contribution >= 0.6 is 11.6 Å². The maximum absolute atomic E-state index is 11.3. The maximum Gasteiger partial charge on any atom is 0.341 e. The fourth-order valence-electron chi connectivity index (χ4n) is 5.94. The average Bonchev–Trinajstić information content (AvgIpc) is 3.32. The van der Waals surface area contributed by atoms with Gasteiger partial charge >= 0.3 is 5.97 Å². The summed E-state index contributed by atoms with van der Waals surface area (Å²) >= 11 is 6.19. The molecular formula is C29H35ClO4. The lowest BCUT2D eigenvalue weighted by atomic mass is 9.72. The second-order valence-electron chi connectivity index (χ2n) is 10.1. The Morgan fingerprint density at radius 2 is 1.85 bits per heavy atom. The first kappa shape index (κ1) is 24.8. The van der Waals surface area contributed by atoms with Crippen LogP contribution in [0.3, 0.4) is 0 Å². The summed E-state index contributed by atoms with van der Waals surface area (Å²) in [6, 6.07) is 12.2. The molecule has 0 amide bonds. The van der Waals surface area contributed by atoms with Crippen LogP contribution in [0, 0.1) is 25.7 Å². The molecule has 2 aliphatic rings. The smallest absolute Gasteiger partial charge is 0.341 e. The first-order valence-electron chi connectivity index (χ1n) is 12.3. The highest BCUT2D eigenvalue weighted by Crippen LogP contribution is 2.52. The normalized spacial score (nSPS) is 25.3. The molecule has 34 heavy (non-hydrogen) atoms. The lowest BCUT2D eigenvalue weighted by Gasteiger charge is -2.45. The van der Waals surface area contributed by atoms with Crippen molar-refractivity contribution in [3.63, 3.8) is 0 Å². The molecule has 1 aliphatic heterocycles. The summed E-state index contributed by atoms with van der Waals surface area (Å²) in [5.74, 6) is 0.465.